The van der Waals surface area contributed by atoms with E-state index in [1.807, 2.05) is 24.3 Å². The topological polar surface area (TPSA) is 15.3 Å². The summed E-state index contributed by atoms with van der Waals surface area (Å²) >= 11 is 11.6. The standard InChI is InChI=1S/C14H19ClN2S/c1-10-7-11(2)9-17(8-10)14(18)16-13-6-4-3-5-12(13)15/h3-6,10-11H,7-9H2,1-2H3,(H,16,18)/t10-,11+. The number of piperidine rings is 1. The molecule has 1 heterocycles. The van der Waals surface area contributed by atoms with Crippen LogP contribution in [0.25, 0.3) is 0 Å². The van der Waals surface area contributed by atoms with Crippen LogP contribution < -0.4 is 5.32 Å². The van der Waals surface area contributed by atoms with Crippen molar-refractivity contribution in [3.8, 4) is 0 Å². The number of benzene rings is 1. The molecule has 0 saturated carbocycles. The lowest BCUT2D eigenvalue weighted by Crippen LogP contribution is -2.44. The number of para-hydroxylation sites is 1. The van der Waals surface area contributed by atoms with Crippen LogP contribution in [0.2, 0.25) is 5.02 Å². The van der Waals surface area contributed by atoms with E-state index in [-0.39, 0.29) is 0 Å². The lowest BCUT2D eigenvalue weighted by Gasteiger charge is -2.36. The first-order valence-electron chi connectivity index (χ1n) is 6.36. The van der Waals surface area contributed by atoms with E-state index in [0.717, 1.165) is 23.9 Å². The van der Waals surface area contributed by atoms with Crippen molar-refractivity contribution in [3.63, 3.8) is 0 Å². The third-order valence-electron chi connectivity index (χ3n) is 3.27. The van der Waals surface area contributed by atoms with E-state index >= 15 is 0 Å². The molecule has 4 heteroatoms. The zero-order chi connectivity index (χ0) is 13.1. The Kier molecular flexibility index (Phi) is 4.46. The molecular weight excluding hydrogens is 264 g/mol. The van der Waals surface area contributed by atoms with Gasteiger partial charge >= 0.3 is 0 Å². The number of rotatable bonds is 1. The van der Waals surface area contributed by atoms with Gasteiger partial charge in [-0.3, -0.25) is 0 Å². The van der Waals surface area contributed by atoms with Gasteiger partial charge in [-0.25, -0.2) is 0 Å². The Hall–Kier alpha value is -0.800. The summed E-state index contributed by atoms with van der Waals surface area (Å²) in [7, 11) is 0. The number of thiocarbonyl (C=S) groups is 1. The molecule has 1 N–H and O–H groups in total. The average Bonchev–Trinajstić information content (AvgIpc) is 2.31. The number of halogens is 1. The van der Waals surface area contributed by atoms with Gasteiger partial charge in [-0.05, 0) is 42.6 Å². The largest absolute Gasteiger partial charge is 0.348 e. The van der Waals surface area contributed by atoms with Gasteiger partial charge in [0.2, 0.25) is 0 Å². The van der Waals surface area contributed by atoms with Crippen LogP contribution in [0.15, 0.2) is 24.3 Å². The third kappa shape index (κ3) is 3.36. The fraction of sp³-hybridized carbons (Fsp3) is 0.500. The molecule has 1 aliphatic heterocycles. The van der Waals surface area contributed by atoms with Crippen molar-refractivity contribution in [1.82, 2.24) is 4.90 Å². The Balaban J connectivity index is 2.02. The summed E-state index contributed by atoms with van der Waals surface area (Å²) in [5, 5.41) is 4.73. The minimum absolute atomic E-state index is 0.694. The number of hydrogen-bond acceptors (Lipinski definition) is 1. The van der Waals surface area contributed by atoms with Gasteiger partial charge in [0.1, 0.15) is 0 Å². The molecule has 1 saturated heterocycles. The molecule has 0 aliphatic carbocycles. The van der Waals surface area contributed by atoms with Gasteiger partial charge < -0.3 is 10.2 Å². The number of hydrogen-bond donors (Lipinski definition) is 1. The van der Waals surface area contributed by atoms with Crippen LogP contribution in [-0.2, 0) is 0 Å². The van der Waals surface area contributed by atoms with Crippen molar-refractivity contribution in [2.75, 3.05) is 18.4 Å². The van der Waals surface area contributed by atoms with E-state index in [4.69, 9.17) is 23.8 Å². The van der Waals surface area contributed by atoms with Gasteiger partial charge in [-0.2, -0.15) is 0 Å². The Morgan fingerprint density at radius 3 is 2.50 bits per heavy atom. The summed E-state index contributed by atoms with van der Waals surface area (Å²) in [6.07, 6.45) is 1.28. The molecule has 0 unspecified atom stereocenters. The fourth-order valence-corrected chi connectivity index (χ4v) is 3.03. The predicted octanol–water partition coefficient (Wildman–Crippen LogP) is 4.01. The number of likely N-dealkylation sites (tertiary alicyclic amines) is 1. The molecular formula is C14H19ClN2S. The first-order chi connectivity index (χ1) is 8.56. The molecule has 2 atom stereocenters. The van der Waals surface area contributed by atoms with Crippen LogP contribution in [0.1, 0.15) is 20.3 Å². The maximum absolute atomic E-state index is 6.12. The van der Waals surface area contributed by atoms with E-state index in [2.05, 4.69) is 24.1 Å². The van der Waals surface area contributed by atoms with E-state index in [0.29, 0.717) is 16.9 Å². The van der Waals surface area contributed by atoms with E-state index in [9.17, 15) is 0 Å². The first kappa shape index (κ1) is 13.6. The number of nitrogens with one attached hydrogen (secondary N) is 1. The van der Waals surface area contributed by atoms with Crippen LogP contribution in [0.4, 0.5) is 5.69 Å². The zero-order valence-corrected chi connectivity index (χ0v) is 12.4. The predicted molar refractivity (Wildman–Crippen MR) is 82.2 cm³/mol. The second-order valence-corrected chi connectivity index (χ2v) is 6.05. The van der Waals surface area contributed by atoms with Crippen LogP contribution in [0.3, 0.4) is 0 Å². The highest BCUT2D eigenvalue weighted by Crippen LogP contribution is 2.24. The minimum Gasteiger partial charge on any atom is -0.348 e. The maximum Gasteiger partial charge on any atom is 0.173 e. The lowest BCUT2D eigenvalue weighted by molar-refractivity contribution is 0.216. The minimum atomic E-state index is 0.694. The van der Waals surface area contributed by atoms with E-state index in [1.54, 1.807) is 0 Å². The van der Waals surface area contributed by atoms with E-state index < -0.39 is 0 Å². The zero-order valence-electron chi connectivity index (χ0n) is 10.8. The molecule has 0 aromatic heterocycles. The second-order valence-electron chi connectivity index (χ2n) is 5.26. The highest BCUT2D eigenvalue weighted by atomic mass is 35.5. The normalized spacial score (nSPS) is 23.8. The summed E-state index contributed by atoms with van der Waals surface area (Å²) in [6, 6.07) is 7.69. The molecule has 1 aromatic carbocycles. The SMILES string of the molecule is C[C@@H]1C[C@H](C)CN(C(=S)Nc2ccccc2Cl)C1. The van der Waals surface area contributed by atoms with Crippen LogP contribution in [-0.4, -0.2) is 23.1 Å². The van der Waals surface area contributed by atoms with Crippen LogP contribution >= 0.6 is 23.8 Å². The van der Waals surface area contributed by atoms with Crippen LogP contribution in [0, 0.1) is 11.8 Å². The molecule has 1 aromatic rings. The molecule has 1 aliphatic rings. The molecule has 2 rings (SSSR count). The van der Waals surface area contributed by atoms with Gasteiger partial charge in [0.25, 0.3) is 0 Å². The Labute approximate surface area is 119 Å². The van der Waals surface area contributed by atoms with Crippen LogP contribution in [0.5, 0.6) is 0 Å². The Morgan fingerprint density at radius 2 is 1.89 bits per heavy atom. The molecule has 1 fully saturated rings. The van der Waals surface area contributed by atoms with E-state index in [1.165, 1.54) is 6.42 Å². The average molecular weight is 283 g/mol. The quantitative estimate of drug-likeness (QED) is 0.784. The lowest BCUT2D eigenvalue weighted by atomic mass is 9.92. The first-order valence-corrected chi connectivity index (χ1v) is 7.15. The monoisotopic (exact) mass is 282 g/mol. The summed E-state index contributed by atoms with van der Waals surface area (Å²) < 4.78 is 0. The summed E-state index contributed by atoms with van der Waals surface area (Å²) in [6.45, 7) is 6.61. The molecule has 18 heavy (non-hydrogen) atoms. The molecule has 0 bridgehead atoms. The highest BCUT2D eigenvalue weighted by Gasteiger charge is 2.23. The van der Waals surface area contributed by atoms with Gasteiger partial charge in [-0.15, -0.1) is 0 Å². The van der Waals surface area contributed by atoms with Crippen molar-refractivity contribution in [1.29, 1.82) is 0 Å². The molecule has 98 valence electrons. The van der Waals surface area contributed by atoms with Crippen molar-refractivity contribution in [2.45, 2.75) is 20.3 Å². The number of anilines is 1. The Morgan fingerprint density at radius 1 is 1.28 bits per heavy atom. The van der Waals surface area contributed by atoms with Gasteiger partial charge in [0, 0.05) is 13.1 Å². The third-order valence-corrected chi connectivity index (χ3v) is 3.96. The van der Waals surface area contributed by atoms with Gasteiger partial charge in [0.15, 0.2) is 5.11 Å². The van der Waals surface area contributed by atoms with Crippen molar-refractivity contribution in [2.24, 2.45) is 11.8 Å². The highest BCUT2D eigenvalue weighted by molar-refractivity contribution is 7.80. The Bertz CT molecular complexity index is 426. The summed E-state index contributed by atoms with van der Waals surface area (Å²) in [5.74, 6) is 1.39. The smallest absolute Gasteiger partial charge is 0.173 e. The van der Waals surface area contributed by atoms with Crippen molar-refractivity contribution in [3.05, 3.63) is 29.3 Å². The second kappa shape index (κ2) is 5.89. The summed E-state index contributed by atoms with van der Waals surface area (Å²) in [4.78, 5) is 2.25. The fourth-order valence-electron chi connectivity index (χ4n) is 2.59. The van der Waals surface area contributed by atoms with Crippen molar-refractivity contribution < 1.29 is 0 Å². The molecule has 0 radical (unpaired) electrons. The molecule has 0 amide bonds. The van der Waals surface area contributed by atoms with Gasteiger partial charge in [-0.1, -0.05) is 37.6 Å². The summed E-state index contributed by atoms with van der Waals surface area (Å²) in [5.41, 5.74) is 0.884. The molecule has 0 spiro atoms. The van der Waals surface area contributed by atoms with Crippen molar-refractivity contribution >= 4 is 34.6 Å². The maximum atomic E-state index is 6.12. The van der Waals surface area contributed by atoms with Gasteiger partial charge in [0.05, 0.1) is 10.7 Å². The molecule has 2 nitrogen and oxygen atoms in total. The number of nitrogens with zero attached hydrogens (tertiary/aromatic N) is 1.